The molecule has 0 radical (unpaired) electrons. The molecular formula is C14H19ClN4O3. The van der Waals surface area contributed by atoms with Gasteiger partial charge < -0.3 is 16.0 Å². The van der Waals surface area contributed by atoms with Crippen LogP contribution < -0.4 is 16.0 Å². The van der Waals surface area contributed by atoms with Crippen LogP contribution in [0.4, 0.5) is 11.4 Å². The van der Waals surface area contributed by atoms with Crippen molar-refractivity contribution in [1.29, 1.82) is 0 Å². The molecule has 1 fully saturated rings. The Labute approximate surface area is 133 Å². The molecule has 1 atom stereocenters. The van der Waals surface area contributed by atoms with E-state index in [0.717, 1.165) is 12.8 Å². The maximum atomic E-state index is 12.1. The molecule has 0 aromatic heterocycles. The number of carbonyl (C=O) groups is 1. The lowest BCUT2D eigenvalue weighted by Crippen LogP contribution is -2.44. The van der Waals surface area contributed by atoms with Crippen LogP contribution in [0.25, 0.3) is 0 Å². The highest BCUT2D eigenvalue weighted by atomic mass is 35.5. The van der Waals surface area contributed by atoms with Crippen molar-refractivity contribution in [2.24, 2.45) is 11.7 Å². The molecule has 0 bridgehead atoms. The number of nitro groups is 1. The number of amides is 1. The normalized spacial score (nSPS) is 18.1. The lowest BCUT2D eigenvalue weighted by atomic mass is 9.96. The molecule has 1 aliphatic heterocycles. The minimum absolute atomic E-state index is 0.0319. The van der Waals surface area contributed by atoms with Crippen LogP contribution in [-0.2, 0) is 4.79 Å². The monoisotopic (exact) mass is 326 g/mol. The van der Waals surface area contributed by atoms with Gasteiger partial charge in [-0.3, -0.25) is 14.9 Å². The molecule has 8 heteroatoms. The predicted octanol–water partition coefficient (Wildman–Crippen LogP) is 1.54. The van der Waals surface area contributed by atoms with Crippen molar-refractivity contribution in [1.82, 2.24) is 5.32 Å². The van der Waals surface area contributed by atoms with Crippen LogP contribution in [0, 0.1) is 16.0 Å². The quantitative estimate of drug-likeness (QED) is 0.631. The molecule has 0 saturated carbocycles. The van der Waals surface area contributed by atoms with Crippen molar-refractivity contribution in [3.63, 3.8) is 0 Å². The van der Waals surface area contributed by atoms with Crippen LogP contribution in [0.1, 0.15) is 12.8 Å². The summed E-state index contributed by atoms with van der Waals surface area (Å²) in [6.45, 7) is 1.88. The smallest absolute Gasteiger partial charge is 0.294 e. The van der Waals surface area contributed by atoms with Gasteiger partial charge in [0.05, 0.1) is 15.9 Å². The maximum absolute atomic E-state index is 12.1. The molecular weight excluding hydrogens is 308 g/mol. The number of rotatable bonds is 5. The first-order valence-electron chi connectivity index (χ1n) is 7.20. The zero-order chi connectivity index (χ0) is 16.1. The summed E-state index contributed by atoms with van der Waals surface area (Å²) in [7, 11) is 0. The van der Waals surface area contributed by atoms with Gasteiger partial charge in [-0.25, -0.2) is 0 Å². The van der Waals surface area contributed by atoms with Gasteiger partial charge in [-0.1, -0.05) is 17.7 Å². The summed E-state index contributed by atoms with van der Waals surface area (Å²) in [4.78, 5) is 24.7. The first-order valence-corrected chi connectivity index (χ1v) is 7.58. The van der Waals surface area contributed by atoms with Gasteiger partial charge in [-0.2, -0.15) is 0 Å². The maximum Gasteiger partial charge on any atom is 0.294 e. The van der Waals surface area contributed by atoms with Crippen molar-refractivity contribution < 1.29 is 9.72 Å². The number of carbonyl (C=O) groups excluding carboxylic acids is 1. The Balaban J connectivity index is 2.19. The van der Waals surface area contributed by atoms with E-state index in [1.54, 1.807) is 12.1 Å². The highest BCUT2D eigenvalue weighted by molar-refractivity contribution is 6.33. The van der Waals surface area contributed by atoms with Gasteiger partial charge >= 0.3 is 0 Å². The van der Waals surface area contributed by atoms with Gasteiger partial charge in [0.1, 0.15) is 5.69 Å². The lowest BCUT2D eigenvalue weighted by molar-refractivity contribution is -0.384. The second kappa shape index (κ2) is 7.42. The molecule has 2 rings (SSSR count). The topological polar surface area (TPSA) is 102 Å². The lowest BCUT2D eigenvalue weighted by Gasteiger charge is -2.33. The Kier molecular flexibility index (Phi) is 5.57. The molecule has 3 N–H and O–H groups in total. The minimum Gasteiger partial charge on any atom is -0.364 e. The van der Waals surface area contributed by atoms with E-state index in [0.29, 0.717) is 36.9 Å². The number of nitrogens with two attached hydrogens (primary N) is 1. The summed E-state index contributed by atoms with van der Waals surface area (Å²) in [5.74, 6) is -0.277. The van der Waals surface area contributed by atoms with E-state index in [-0.39, 0.29) is 17.5 Å². The first-order chi connectivity index (χ1) is 10.5. The second-order valence-corrected chi connectivity index (χ2v) is 5.64. The molecule has 1 saturated heterocycles. The SMILES string of the molecule is NCCNC(=O)C1CCCN(c2c(Cl)cccc2[N+](=O)[O-])C1. The molecule has 7 nitrogen and oxygen atoms in total. The number of para-hydroxylation sites is 1. The van der Waals surface area contributed by atoms with Crippen LogP contribution in [0.15, 0.2) is 18.2 Å². The Morgan fingerprint density at radius 2 is 2.32 bits per heavy atom. The highest BCUT2D eigenvalue weighted by Gasteiger charge is 2.30. The zero-order valence-corrected chi connectivity index (χ0v) is 12.9. The van der Waals surface area contributed by atoms with E-state index < -0.39 is 4.92 Å². The Morgan fingerprint density at radius 3 is 3.00 bits per heavy atom. The summed E-state index contributed by atoms with van der Waals surface area (Å²) in [5, 5.41) is 14.3. The van der Waals surface area contributed by atoms with Gasteiger partial charge in [0.15, 0.2) is 0 Å². The minimum atomic E-state index is -0.445. The van der Waals surface area contributed by atoms with Crippen molar-refractivity contribution in [2.45, 2.75) is 12.8 Å². The van der Waals surface area contributed by atoms with E-state index >= 15 is 0 Å². The van der Waals surface area contributed by atoms with Crippen molar-refractivity contribution in [2.75, 3.05) is 31.1 Å². The Bertz CT molecular complexity index is 567. The van der Waals surface area contributed by atoms with E-state index in [4.69, 9.17) is 17.3 Å². The zero-order valence-electron chi connectivity index (χ0n) is 12.1. The van der Waals surface area contributed by atoms with Crippen LogP contribution in [0.5, 0.6) is 0 Å². The summed E-state index contributed by atoms with van der Waals surface area (Å²) in [5.41, 5.74) is 5.74. The van der Waals surface area contributed by atoms with Crippen LogP contribution in [-0.4, -0.2) is 37.0 Å². The fraction of sp³-hybridized carbons (Fsp3) is 0.500. The number of nitrogens with one attached hydrogen (secondary N) is 1. The number of hydrogen-bond acceptors (Lipinski definition) is 5. The van der Waals surface area contributed by atoms with Gasteiger partial charge in [-0.05, 0) is 18.9 Å². The number of halogens is 1. The number of anilines is 1. The third kappa shape index (κ3) is 3.66. The van der Waals surface area contributed by atoms with E-state index in [2.05, 4.69) is 5.32 Å². The van der Waals surface area contributed by atoms with E-state index in [9.17, 15) is 14.9 Å². The van der Waals surface area contributed by atoms with Crippen molar-refractivity contribution in [3.8, 4) is 0 Å². The number of nitro benzene ring substituents is 1. The Hall–Kier alpha value is -1.86. The second-order valence-electron chi connectivity index (χ2n) is 5.23. The van der Waals surface area contributed by atoms with Gasteiger partial charge in [-0.15, -0.1) is 0 Å². The summed E-state index contributed by atoms with van der Waals surface area (Å²) in [6.07, 6.45) is 1.54. The molecule has 22 heavy (non-hydrogen) atoms. The highest BCUT2D eigenvalue weighted by Crippen LogP contribution is 2.37. The van der Waals surface area contributed by atoms with Gasteiger partial charge in [0.25, 0.3) is 5.69 Å². The molecule has 1 aromatic rings. The Morgan fingerprint density at radius 1 is 1.55 bits per heavy atom. The molecule has 1 aliphatic rings. The molecule has 0 aliphatic carbocycles. The number of piperidine rings is 1. The molecule has 1 heterocycles. The van der Waals surface area contributed by atoms with Crippen molar-refractivity contribution >= 4 is 28.9 Å². The molecule has 1 unspecified atom stereocenters. The fourth-order valence-electron chi connectivity index (χ4n) is 2.70. The van der Waals surface area contributed by atoms with Crippen molar-refractivity contribution in [3.05, 3.63) is 33.3 Å². The molecule has 1 aromatic carbocycles. The third-order valence-corrected chi connectivity index (χ3v) is 4.02. The first kappa shape index (κ1) is 16.5. The average molecular weight is 327 g/mol. The molecule has 0 spiro atoms. The average Bonchev–Trinajstić information content (AvgIpc) is 2.52. The molecule has 120 valence electrons. The summed E-state index contributed by atoms with van der Waals surface area (Å²) >= 11 is 6.15. The number of nitrogens with zero attached hydrogens (tertiary/aromatic N) is 2. The predicted molar refractivity (Wildman–Crippen MR) is 85.1 cm³/mol. The number of hydrogen-bond donors (Lipinski definition) is 2. The van der Waals surface area contributed by atoms with Crippen LogP contribution in [0.3, 0.4) is 0 Å². The van der Waals surface area contributed by atoms with Gasteiger partial charge in [0, 0.05) is 32.2 Å². The van der Waals surface area contributed by atoms with Crippen LogP contribution >= 0.6 is 11.6 Å². The summed E-state index contributed by atoms with van der Waals surface area (Å²) < 4.78 is 0. The fourth-order valence-corrected chi connectivity index (χ4v) is 2.99. The standard InChI is InChI=1S/C14H19ClN4O3/c15-11-4-1-5-12(19(21)22)13(11)18-8-2-3-10(9-18)14(20)17-7-6-16/h1,4-5,10H,2-3,6-9,16H2,(H,17,20). The van der Waals surface area contributed by atoms with Crippen LogP contribution in [0.2, 0.25) is 5.02 Å². The largest absolute Gasteiger partial charge is 0.364 e. The number of benzene rings is 1. The van der Waals surface area contributed by atoms with E-state index in [1.807, 2.05) is 4.90 Å². The van der Waals surface area contributed by atoms with Gasteiger partial charge in [0.2, 0.25) is 5.91 Å². The van der Waals surface area contributed by atoms with E-state index in [1.165, 1.54) is 6.07 Å². The summed E-state index contributed by atoms with van der Waals surface area (Å²) in [6, 6.07) is 4.61. The third-order valence-electron chi connectivity index (χ3n) is 3.71. The molecule has 1 amide bonds.